The number of halogens is 1. The number of anilines is 1. The van der Waals surface area contributed by atoms with Crippen LogP contribution in [0.3, 0.4) is 0 Å². The summed E-state index contributed by atoms with van der Waals surface area (Å²) in [6.07, 6.45) is 0. The second kappa shape index (κ2) is 8.04. The van der Waals surface area contributed by atoms with E-state index in [-0.39, 0.29) is 12.1 Å². The fourth-order valence-corrected chi connectivity index (χ4v) is 3.14. The molecule has 1 fully saturated rings. The largest absolute Gasteiger partial charge is 0.486 e. The zero-order chi connectivity index (χ0) is 16.9. The van der Waals surface area contributed by atoms with Crippen LogP contribution in [0.1, 0.15) is 6.92 Å². The van der Waals surface area contributed by atoms with Crippen LogP contribution in [-0.4, -0.2) is 63.0 Å². The highest BCUT2D eigenvalue weighted by Crippen LogP contribution is 2.38. The van der Waals surface area contributed by atoms with E-state index in [9.17, 15) is 4.79 Å². The average molecular weight is 400 g/mol. The van der Waals surface area contributed by atoms with Gasteiger partial charge >= 0.3 is 6.03 Å². The molecule has 2 N–H and O–H groups in total. The maximum absolute atomic E-state index is 12.2. The van der Waals surface area contributed by atoms with Crippen molar-refractivity contribution in [1.29, 1.82) is 0 Å². The van der Waals surface area contributed by atoms with Gasteiger partial charge in [-0.25, -0.2) is 4.79 Å². The molecule has 2 amide bonds. The summed E-state index contributed by atoms with van der Waals surface area (Å²) in [6.45, 7) is 7.03. The van der Waals surface area contributed by atoms with Gasteiger partial charge in [-0.05, 0) is 22.9 Å². The van der Waals surface area contributed by atoms with Crippen LogP contribution >= 0.6 is 15.9 Å². The lowest BCUT2D eigenvalue weighted by atomic mass is 10.2. The Labute approximate surface area is 149 Å². The molecule has 132 valence electrons. The van der Waals surface area contributed by atoms with Gasteiger partial charge in [0, 0.05) is 42.3 Å². The minimum Gasteiger partial charge on any atom is -0.486 e. The first-order valence-corrected chi connectivity index (χ1v) is 8.88. The van der Waals surface area contributed by atoms with E-state index < -0.39 is 0 Å². The van der Waals surface area contributed by atoms with Gasteiger partial charge in [0.15, 0.2) is 11.5 Å². The summed E-state index contributed by atoms with van der Waals surface area (Å²) in [5.41, 5.74) is 0.649. The molecule has 3 rings (SSSR count). The third-order valence-corrected chi connectivity index (χ3v) is 4.76. The molecule has 7 nitrogen and oxygen atoms in total. The molecule has 0 aliphatic carbocycles. The highest BCUT2D eigenvalue weighted by molar-refractivity contribution is 9.10. The van der Waals surface area contributed by atoms with Crippen molar-refractivity contribution in [3.05, 3.63) is 16.6 Å². The quantitative estimate of drug-likeness (QED) is 0.810. The number of rotatable bonds is 4. The number of morpholine rings is 1. The molecular formula is C16H22BrN3O4. The first-order valence-electron chi connectivity index (χ1n) is 8.09. The number of fused-ring (bicyclic) bond motifs is 1. The highest BCUT2D eigenvalue weighted by atomic mass is 79.9. The number of benzene rings is 1. The number of nitrogens with zero attached hydrogens (tertiary/aromatic N) is 1. The van der Waals surface area contributed by atoms with Crippen molar-refractivity contribution in [2.45, 2.75) is 13.0 Å². The molecule has 2 aliphatic heterocycles. The molecule has 1 atom stereocenters. The summed E-state index contributed by atoms with van der Waals surface area (Å²) in [5, 5.41) is 5.75. The topological polar surface area (TPSA) is 72.1 Å². The minimum absolute atomic E-state index is 0.243. The Morgan fingerprint density at radius 3 is 2.58 bits per heavy atom. The Morgan fingerprint density at radius 2 is 1.88 bits per heavy atom. The van der Waals surface area contributed by atoms with Crippen LogP contribution in [0, 0.1) is 0 Å². The maximum Gasteiger partial charge on any atom is 0.319 e. The first-order chi connectivity index (χ1) is 11.6. The molecule has 0 saturated carbocycles. The Kier molecular flexibility index (Phi) is 5.80. The van der Waals surface area contributed by atoms with Gasteiger partial charge in [0.25, 0.3) is 0 Å². The van der Waals surface area contributed by atoms with Crippen LogP contribution in [0.25, 0.3) is 0 Å². The standard InChI is InChI=1S/C16H22BrN3O4/c1-11(20-2-4-22-5-3-20)10-18-16(21)19-13-9-15-14(8-12(13)17)23-6-7-24-15/h8-9,11H,2-7,10H2,1H3,(H2,18,19,21). The van der Waals surface area contributed by atoms with Crippen molar-refractivity contribution < 1.29 is 19.0 Å². The maximum atomic E-state index is 12.2. The molecule has 0 aromatic heterocycles. The van der Waals surface area contributed by atoms with E-state index in [0.29, 0.717) is 36.9 Å². The van der Waals surface area contributed by atoms with Crippen molar-refractivity contribution in [3.63, 3.8) is 0 Å². The van der Waals surface area contributed by atoms with Crippen molar-refractivity contribution in [3.8, 4) is 11.5 Å². The molecule has 0 radical (unpaired) electrons. The summed E-state index contributed by atoms with van der Waals surface area (Å²) < 4.78 is 17.2. The van der Waals surface area contributed by atoms with Gasteiger partial charge in [0.2, 0.25) is 0 Å². The molecule has 1 saturated heterocycles. The zero-order valence-corrected chi connectivity index (χ0v) is 15.2. The lowest BCUT2D eigenvalue weighted by molar-refractivity contribution is 0.0209. The summed E-state index contributed by atoms with van der Waals surface area (Å²) in [6, 6.07) is 3.60. The van der Waals surface area contributed by atoms with Crippen LogP contribution in [-0.2, 0) is 4.74 Å². The molecule has 1 aromatic carbocycles. The number of ether oxygens (including phenoxy) is 3. The third kappa shape index (κ3) is 4.31. The average Bonchev–Trinajstić information content (AvgIpc) is 2.61. The predicted molar refractivity (Wildman–Crippen MR) is 94.0 cm³/mol. The third-order valence-electron chi connectivity index (χ3n) is 4.11. The number of amides is 2. The fourth-order valence-electron chi connectivity index (χ4n) is 2.71. The predicted octanol–water partition coefficient (Wildman–Crippen LogP) is 2.06. The molecule has 2 aliphatic rings. The fraction of sp³-hybridized carbons (Fsp3) is 0.562. The molecule has 0 spiro atoms. The van der Waals surface area contributed by atoms with Gasteiger partial charge in [-0.3, -0.25) is 4.90 Å². The molecule has 1 unspecified atom stereocenters. The molecule has 24 heavy (non-hydrogen) atoms. The Balaban J connectivity index is 1.53. The summed E-state index contributed by atoms with van der Waals surface area (Å²) in [5.74, 6) is 1.32. The van der Waals surface area contributed by atoms with E-state index in [2.05, 4.69) is 38.4 Å². The van der Waals surface area contributed by atoms with E-state index in [4.69, 9.17) is 14.2 Å². The van der Waals surface area contributed by atoms with E-state index in [1.165, 1.54) is 0 Å². The van der Waals surface area contributed by atoms with Gasteiger partial charge < -0.3 is 24.8 Å². The lowest BCUT2D eigenvalue weighted by Crippen LogP contribution is -2.47. The van der Waals surface area contributed by atoms with Crippen LogP contribution in [0.2, 0.25) is 0 Å². The van der Waals surface area contributed by atoms with Crippen molar-refractivity contribution in [1.82, 2.24) is 10.2 Å². The van der Waals surface area contributed by atoms with Gasteiger partial charge in [-0.15, -0.1) is 0 Å². The Bertz CT molecular complexity index is 593. The normalized spacial score (nSPS) is 18.8. The second-order valence-electron chi connectivity index (χ2n) is 5.81. The molecule has 2 heterocycles. The lowest BCUT2D eigenvalue weighted by Gasteiger charge is -2.32. The van der Waals surface area contributed by atoms with Gasteiger partial charge in [-0.1, -0.05) is 0 Å². The van der Waals surface area contributed by atoms with Gasteiger partial charge in [-0.2, -0.15) is 0 Å². The van der Waals surface area contributed by atoms with Crippen LogP contribution in [0.15, 0.2) is 16.6 Å². The van der Waals surface area contributed by atoms with Crippen LogP contribution < -0.4 is 20.1 Å². The van der Waals surface area contributed by atoms with Crippen molar-refractivity contribution in [2.75, 3.05) is 51.4 Å². The second-order valence-corrected chi connectivity index (χ2v) is 6.66. The number of urea groups is 1. The molecule has 0 bridgehead atoms. The summed E-state index contributed by atoms with van der Waals surface area (Å²) in [4.78, 5) is 14.5. The molecular weight excluding hydrogens is 378 g/mol. The molecule has 1 aromatic rings. The van der Waals surface area contributed by atoms with E-state index in [1.54, 1.807) is 12.1 Å². The van der Waals surface area contributed by atoms with E-state index >= 15 is 0 Å². The number of hydrogen-bond donors (Lipinski definition) is 2. The first kappa shape index (κ1) is 17.3. The van der Waals surface area contributed by atoms with Crippen LogP contribution in [0.4, 0.5) is 10.5 Å². The minimum atomic E-state index is -0.243. The molecule has 8 heteroatoms. The van der Waals surface area contributed by atoms with Gasteiger partial charge in [0.1, 0.15) is 13.2 Å². The Hall–Kier alpha value is -1.51. The van der Waals surface area contributed by atoms with E-state index in [0.717, 1.165) is 30.8 Å². The van der Waals surface area contributed by atoms with Crippen LogP contribution in [0.5, 0.6) is 11.5 Å². The van der Waals surface area contributed by atoms with Gasteiger partial charge in [0.05, 0.1) is 18.9 Å². The van der Waals surface area contributed by atoms with E-state index in [1.807, 2.05) is 0 Å². The Morgan fingerprint density at radius 1 is 1.21 bits per heavy atom. The number of carbonyl (C=O) groups excluding carboxylic acids is 1. The number of nitrogens with one attached hydrogen (secondary N) is 2. The van der Waals surface area contributed by atoms with Crippen molar-refractivity contribution >= 4 is 27.6 Å². The smallest absolute Gasteiger partial charge is 0.319 e. The SMILES string of the molecule is CC(CNC(=O)Nc1cc2c(cc1Br)OCCO2)N1CCOCC1. The summed E-state index contributed by atoms with van der Waals surface area (Å²) in [7, 11) is 0. The number of hydrogen-bond acceptors (Lipinski definition) is 5. The zero-order valence-electron chi connectivity index (χ0n) is 13.6. The highest BCUT2D eigenvalue weighted by Gasteiger charge is 2.19. The monoisotopic (exact) mass is 399 g/mol. The van der Waals surface area contributed by atoms with Crippen molar-refractivity contribution in [2.24, 2.45) is 0 Å². The number of carbonyl (C=O) groups is 1. The summed E-state index contributed by atoms with van der Waals surface area (Å²) >= 11 is 3.45.